The van der Waals surface area contributed by atoms with Gasteiger partial charge in [0, 0.05) is 5.92 Å². The molecular weight excluding hydrogens is 294 g/mol. The maximum Gasteiger partial charge on any atom is 0.220 e. The lowest BCUT2D eigenvalue weighted by atomic mass is 9.95. The van der Waals surface area contributed by atoms with Crippen LogP contribution < -0.4 is 5.73 Å². The van der Waals surface area contributed by atoms with Crippen molar-refractivity contribution in [2.75, 3.05) is 0 Å². The summed E-state index contributed by atoms with van der Waals surface area (Å²) in [6.07, 6.45) is 0.682. The molecule has 0 fully saturated rings. The van der Waals surface area contributed by atoms with Gasteiger partial charge >= 0.3 is 0 Å². The van der Waals surface area contributed by atoms with Crippen LogP contribution in [0.25, 0.3) is 32.3 Å². The molecule has 4 aromatic carbocycles. The van der Waals surface area contributed by atoms with Crippen molar-refractivity contribution in [3.8, 4) is 0 Å². The van der Waals surface area contributed by atoms with E-state index in [0.29, 0.717) is 6.42 Å². The second-order valence-electron chi connectivity index (χ2n) is 6.59. The van der Waals surface area contributed by atoms with Gasteiger partial charge in [-0.3, -0.25) is 4.79 Å². The quantitative estimate of drug-likeness (QED) is 0.542. The fraction of sp³-hybridized carbons (Fsp3) is 0.136. The van der Waals surface area contributed by atoms with Gasteiger partial charge in [0.2, 0.25) is 5.91 Å². The Hall–Kier alpha value is -2.87. The summed E-state index contributed by atoms with van der Waals surface area (Å²) in [4.78, 5) is 11.3. The first-order valence-electron chi connectivity index (χ1n) is 8.25. The van der Waals surface area contributed by atoms with E-state index in [1.165, 1.54) is 32.3 Å². The minimum atomic E-state index is -0.250. The van der Waals surface area contributed by atoms with Crippen molar-refractivity contribution in [1.82, 2.24) is 0 Å². The highest BCUT2D eigenvalue weighted by molar-refractivity contribution is 6.04. The van der Waals surface area contributed by atoms with Crippen molar-refractivity contribution in [2.45, 2.75) is 13.3 Å². The van der Waals surface area contributed by atoms with E-state index in [1.807, 2.05) is 6.92 Å². The van der Waals surface area contributed by atoms with Crippen LogP contribution in [0.15, 0.2) is 66.7 Å². The van der Waals surface area contributed by atoms with Crippen LogP contribution in [0.1, 0.15) is 12.5 Å². The van der Waals surface area contributed by atoms with Gasteiger partial charge in [0.05, 0.1) is 0 Å². The van der Waals surface area contributed by atoms with Crippen molar-refractivity contribution in [3.05, 3.63) is 72.3 Å². The summed E-state index contributed by atoms with van der Waals surface area (Å²) in [5.41, 5.74) is 6.53. The molecule has 0 saturated carbocycles. The van der Waals surface area contributed by atoms with Gasteiger partial charge in [-0.1, -0.05) is 49.4 Å². The molecule has 0 heterocycles. The molecule has 0 bridgehead atoms. The summed E-state index contributed by atoms with van der Waals surface area (Å²) >= 11 is 0. The van der Waals surface area contributed by atoms with Gasteiger partial charge in [-0.05, 0) is 68.6 Å². The number of benzene rings is 4. The van der Waals surface area contributed by atoms with Crippen molar-refractivity contribution < 1.29 is 4.79 Å². The van der Waals surface area contributed by atoms with Crippen molar-refractivity contribution in [1.29, 1.82) is 0 Å². The number of rotatable bonds is 3. The molecule has 1 amide bonds. The summed E-state index contributed by atoms with van der Waals surface area (Å²) in [5.74, 6) is -0.396. The van der Waals surface area contributed by atoms with Crippen LogP contribution in [0, 0.1) is 5.92 Å². The first kappa shape index (κ1) is 14.7. The number of primary amides is 1. The number of hydrogen-bond donors (Lipinski definition) is 1. The van der Waals surface area contributed by atoms with Gasteiger partial charge in [-0.15, -0.1) is 0 Å². The lowest BCUT2D eigenvalue weighted by Gasteiger charge is -2.10. The van der Waals surface area contributed by atoms with Crippen LogP contribution in [-0.4, -0.2) is 5.91 Å². The maximum absolute atomic E-state index is 11.3. The van der Waals surface area contributed by atoms with Gasteiger partial charge in [0.15, 0.2) is 0 Å². The van der Waals surface area contributed by atoms with Crippen LogP contribution >= 0.6 is 0 Å². The lowest BCUT2D eigenvalue weighted by Crippen LogP contribution is -2.22. The Morgan fingerprint density at radius 2 is 1.29 bits per heavy atom. The number of amides is 1. The zero-order valence-corrected chi connectivity index (χ0v) is 13.6. The predicted octanol–water partition coefficient (Wildman–Crippen LogP) is 4.81. The molecule has 0 spiro atoms. The molecule has 0 aliphatic carbocycles. The third kappa shape index (κ3) is 2.61. The fourth-order valence-electron chi connectivity index (χ4n) is 3.32. The number of carbonyl (C=O) groups excluding carboxylic acids is 1. The van der Waals surface area contributed by atoms with E-state index in [0.717, 1.165) is 5.56 Å². The first-order chi connectivity index (χ1) is 11.6. The molecule has 118 valence electrons. The Balaban J connectivity index is 1.85. The van der Waals surface area contributed by atoms with Gasteiger partial charge in [0.1, 0.15) is 0 Å². The van der Waals surface area contributed by atoms with E-state index in [-0.39, 0.29) is 11.8 Å². The molecule has 0 aliphatic rings. The molecule has 4 aromatic rings. The zero-order chi connectivity index (χ0) is 16.7. The van der Waals surface area contributed by atoms with E-state index >= 15 is 0 Å². The summed E-state index contributed by atoms with van der Waals surface area (Å²) < 4.78 is 0. The van der Waals surface area contributed by atoms with Gasteiger partial charge in [-0.2, -0.15) is 0 Å². The summed E-state index contributed by atoms with van der Waals surface area (Å²) in [5, 5.41) is 7.42. The second kappa shape index (κ2) is 5.64. The summed E-state index contributed by atoms with van der Waals surface area (Å²) in [6.45, 7) is 1.87. The van der Waals surface area contributed by atoms with E-state index in [4.69, 9.17) is 5.73 Å². The Morgan fingerprint density at radius 1 is 0.792 bits per heavy atom. The molecule has 1 unspecified atom stereocenters. The molecule has 2 nitrogen and oxygen atoms in total. The highest BCUT2D eigenvalue weighted by Gasteiger charge is 2.10. The largest absolute Gasteiger partial charge is 0.369 e. The Bertz CT molecular complexity index is 1080. The number of fused-ring (bicyclic) bond motifs is 3. The van der Waals surface area contributed by atoms with E-state index in [9.17, 15) is 4.79 Å². The molecule has 2 N–H and O–H groups in total. The molecule has 24 heavy (non-hydrogen) atoms. The van der Waals surface area contributed by atoms with Crippen molar-refractivity contribution in [2.24, 2.45) is 11.7 Å². The van der Waals surface area contributed by atoms with Gasteiger partial charge < -0.3 is 5.73 Å². The number of nitrogens with two attached hydrogens (primary N) is 1. The minimum Gasteiger partial charge on any atom is -0.369 e. The molecule has 0 radical (unpaired) electrons. The highest BCUT2D eigenvalue weighted by atomic mass is 16.1. The van der Waals surface area contributed by atoms with Crippen LogP contribution in [0.2, 0.25) is 0 Å². The zero-order valence-electron chi connectivity index (χ0n) is 13.6. The number of carbonyl (C=O) groups is 1. The summed E-state index contributed by atoms with van der Waals surface area (Å²) in [7, 11) is 0. The monoisotopic (exact) mass is 313 g/mol. The van der Waals surface area contributed by atoms with Crippen molar-refractivity contribution in [3.63, 3.8) is 0 Å². The smallest absolute Gasteiger partial charge is 0.220 e. The fourth-order valence-corrected chi connectivity index (χ4v) is 3.32. The average molecular weight is 313 g/mol. The van der Waals surface area contributed by atoms with E-state index in [1.54, 1.807) is 0 Å². The minimum absolute atomic E-state index is 0.146. The van der Waals surface area contributed by atoms with Crippen LogP contribution in [0.3, 0.4) is 0 Å². The Kier molecular flexibility index (Phi) is 3.46. The van der Waals surface area contributed by atoms with E-state index < -0.39 is 0 Å². The third-order valence-corrected chi connectivity index (χ3v) is 4.75. The van der Waals surface area contributed by atoms with Crippen LogP contribution in [0.5, 0.6) is 0 Å². The maximum atomic E-state index is 11.3. The second-order valence-corrected chi connectivity index (χ2v) is 6.59. The summed E-state index contributed by atoms with van der Waals surface area (Å²) in [6, 6.07) is 23.8. The molecule has 1 atom stereocenters. The molecular formula is C22H19NO. The van der Waals surface area contributed by atoms with Crippen LogP contribution in [0.4, 0.5) is 0 Å². The Labute approximate surface area is 140 Å². The number of hydrogen-bond acceptors (Lipinski definition) is 1. The topological polar surface area (TPSA) is 43.1 Å². The molecule has 0 saturated heterocycles. The predicted molar refractivity (Wildman–Crippen MR) is 101 cm³/mol. The van der Waals surface area contributed by atoms with E-state index in [2.05, 4.69) is 66.7 Å². The molecule has 2 heteroatoms. The third-order valence-electron chi connectivity index (χ3n) is 4.75. The standard InChI is InChI=1S/C22H19NO/c1-14(22(23)24)8-15-6-7-18-12-20-10-16-4-2-3-5-17(16)11-21(20)13-19(18)9-15/h2-7,9-14H,8H2,1H3,(H2,23,24). The molecule has 0 aliphatic heterocycles. The SMILES string of the molecule is CC(Cc1ccc2cc3cc4ccccc4cc3cc2c1)C(N)=O. The molecule has 4 rings (SSSR count). The van der Waals surface area contributed by atoms with Crippen LogP contribution in [-0.2, 0) is 11.2 Å². The van der Waals surface area contributed by atoms with Gasteiger partial charge in [0.25, 0.3) is 0 Å². The Morgan fingerprint density at radius 3 is 1.88 bits per heavy atom. The van der Waals surface area contributed by atoms with Crippen molar-refractivity contribution >= 4 is 38.2 Å². The lowest BCUT2D eigenvalue weighted by molar-refractivity contribution is -0.121. The highest BCUT2D eigenvalue weighted by Crippen LogP contribution is 2.28. The average Bonchev–Trinajstić information content (AvgIpc) is 2.58. The first-order valence-corrected chi connectivity index (χ1v) is 8.25. The molecule has 0 aromatic heterocycles. The normalized spacial score (nSPS) is 12.7. The van der Waals surface area contributed by atoms with Gasteiger partial charge in [-0.25, -0.2) is 0 Å².